The van der Waals surface area contributed by atoms with E-state index in [-0.39, 0.29) is 5.78 Å². The molecule has 2 saturated heterocycles. The Bertz CT molecular complexity index is 1110. The van der Waals surface area contributed by atoms with Crippen LogP contribution >= 0.6 is 0 Å². The fourth-order valence-corrected chi connectivity index (χ4v) is 6.73. The molecule has 0 radical (unpaired) electrons. The number of ketones is 1. The van der Waals surface area contributed by atoms with Gasteiger partial charge in [-0.2, -0.15) is 0 Å². The monoisotopic (exact) mass is 538 g/mol. The van der Waals surface area contributed by atoms with Gasteiger partial charge in [0.05, 0.1) is 5.60 Å². The van der Waals surface area contributed by atoms with Gasteiger partial charge in [-0.25, -0.2) is 4.79 Å². The molecule has 2 aliphatic heterocycles. The fraction of sp³-hybridized carbons (Fsp3) is 0.731. The van der Waals surface area contributed by atoms with Crippen molar-refractivity contribution in [1.29, 1.82) is 0 Å². The molecule has 0 bridgehead atoms. The number of aliphatic hydroxyl groups is 2. The highest BCUT2D eigenvalue weighted by molar-refractivity contribution is 5.93. The highest BCUT2D eigenvalue weighted by atomic mass is 16.7. The summed E-state index contributed by atoms with van der Waals surface area (Å²) in [5.74, 6) is -5.32. The van der Waals surface area contributed by atoms with Crippen molar-refractivity contribution in [1.82, 2.24) is 0 Å². The van der Waals surface area contributed by atoms with Crippen molar-refractivity contribution in [3.05, 3.63) is 12.2 Å². The molecule has 11 unspecified atom stereocenters. The first-order chi connectivity index (χ1) is 17.4. The average Bonchev–Trinajstić information content (AvgIpc) is 3.36. The molecule has 38 heavy (non-hydrogen) atoms. The van der Waals surface area contributed by atoms with E-state index < -0.39 is 94.9 Å². The molecular formula is C26H34O12. The molecule has 12 heteroatoms. The van der Waals surface area contributed by atoms with Gasteiger partial charge in [-0.05, 0) is 19.9 Å². The standard InChI is InChI=1S/C26H34O12/c1-11-15(30)8-9-23(5)17(11)20(36-14(4)29)26-21(37-22(32)25(26,7)38-26)18(31)24(6,33)10-16(34-12(2)27)19(23)35-13(3)28/h8-9,11,16-21,31,33H,10H2,1-7H3. The second-order valence-corrected chi connectivity index (χ2v) is 11.4. The third-order valence-electron chi connectivity index (χ3n) is 8.58. The minimum Gasteiger partial charge on any atom is -0.459 e. The number of aliphatic hydroxyl groups excluding tert-OH is 1. The van der Waals surface area contributed by atoms with Crippen molar-refractivity contribution in [2.24, 2.45) is 17.3 Å². The van der Waals surface area contributed by atoms with Crippen molar-refractivity contribution in [2.75, 3.05) is 0 Å². The number of hydrogen-bond donors (Lipinski definition) is 2. The zero-order chi connectivity index (χ0) is 28.6. The highest BCUT2D eigenvalue weighted by Gasteiger charge is 2.89. The van der Waals surface area contributed by atoms with E-state index in [4.69, 9.17) is 23.7 Å². The number of esters is 4. The summed E-state index contributed by atoms with van der Waals surface area (Å²) < 4.78 is 28.6. The summed E-state index contributed by atoms with van der Waals surface area (Å²) in [6, 6.07) is 0. The van der Waals surface area contributed by atoms with E-state index in [9.17, 15) is 34.2 Å². The molecule has 1 saturated carbocycles. The first-order valence-corrected chi connectivity index (χ1v) is 12.5. The predicted octanol–water partition coefficient (Wildman–Crippen LogP) is 0.148. The molecule has 0 aromatic heterocycles. The van der Waals surface area contributed by atoms with Gasteiger partial charge in [0, 0.05) is 44.4 Å². The second kappa shape index (κ2) is 8.85. The highest BCUT2D eigenvalue weighted by Crippen LogP contribution is 2.65. The van der Waals surface area contributed by atoms with Crippen LogP contribution in [0.4, 0.5) is 0 Å². The van der Waals surface area contributed by atoms with E-state index >= 15 is 0 Å². The van der Waals surface area contributed by atoms with E-state index in [1.807, 2.05) is 0 Å². The summed E-state index contributed by atoms with van der Waals surface area (Å²) in [5, 5.41) is 22.9. The lowest BCUT2D eigenvalue weighted by Gasteiger charge is -2.52. The molecule has 2 N–H and O–H groups in total. The summed E-state index contributed by atoms with van der Waals surface area (Å²) in [4.78, 5) is 63.0. The quantitative estimate of drug-likeness (QED) is 0.283. The van der Waals surface area contributed by atoms with Crippen LogP contribution in [0.15, 0.2) is 12.2 Å². The molecule has 4 aliphatic rings. The number of fused-ring (bicyclic) bond motifs is 1. The van der Waals surface area contributed by atoms with Gasteiger partial charge in [-0.1, -0.05) is 19.9 Å². The Kier molecular flexibility index (Phi) is 6.57. The van der Waals surface area contributed by atoms with Crippen LogP contribution < -0.4 is 0 Å². The van der Waals surface area contributed by atoms with Crippen molar-refractivity contribution in [3.63, 3.8) is 0 Å². The van der Waals surface area contributed by atoms with E-state index in [0.717, 1.165) is 20.8 Å². The SMILES string of the molecule is CC(=O)OC1CC(C)(O)C(O)C2OC(=O)C3(C)OC23C(OC(C)=O)C2C(C)C(=O)C=CC2(C)C1OC(C)=O. The minimum absolute atomic E-state index is 0.333. The molecule has 4 rings (SSSR count). The van der Waals surface area contributed by atoms with Gasteiger partial charge in [0.15, 0.2) is 23.1 Å². The van der Waals surface area contributed by atoms with Crippen LogP contribution in [-0.2, 0) is 47.7 Å². The number of rotatable bonds is 3. The lowest BCUT2D eigenvalue weighted by atomic mass is 9.56. The number of carbonyl (C=O) groups is 5. The lowest BCUT2D eigenvalue weighted by molar-refractivity contribution is -0.223. The van der Waals surface area contributed by atoms with Gasteiger partial charge in [0.2, 0.25) is 0 Å². The van der Waals surface area contributed by atoms with E-state index in [2.05, 4.69) is 0 Å². The normalized spacial score (nSPS) is 47.6. The van der Waals surface area contributed by atoms with Crippen molar-refractivity contribution >= 4 is 29.7 Å². The summed E-state index contributed by atoms with van der Waals surface area (Å²) in [5.41, 5.74) is -6.89. The molecular weight excluding hydrogens is 504 g/mol. The van der Waals surface area contributed by atoms with E-state index in [1.54, 1.807) is 13.8 Å². The third kappa shape index (κ3) is 3.95. The van der Waals surface area contributed by atoms with Gasteiger partial charge in [0.25, 0.3) is 0 Å². The van der Waals surface area contributed by atoms with E-state index in [0.29, 0.717) is 0 Å². The largest absolute Gasteiger partial charge is 0.459 e. The molecule has 0 amide bonds. The lowest BCUT2D eigenvalue weighted by Crippen LogP contribution is -2.66. The molecule has 2 aliphatic carbocycles. The van der Waals surface area contributed by atoms with Gasteiger partial charge < -0.3 is 33.9 Å². The Hall–Kier alpha value is -2.83. The minimum atomic E-state index is -2.09. The first-order valence-electron chi connectivity index (χ1n) is 12.5. The predicted molar refractivity (Wildman–Crippen MR) is 125 cm³/mol. The summed E-state index contributed by atoms with van der Waals surface area (Å²) in [7, 11) is 0. The fourth-order valence-electron chi connectivity index (χ4n) is 6.73. The van der Waals surface area contributed by atoms with Gasteiger partial charge in [-0.15, -0.1) is 0 Å². The Balaban J connectivity index is 2.04. The zero-order valence-corrected chi connectivity index (χ0v) is 22.4. The topological polar surface area (TPSA) is 175 Å². The van der Waals surface area contributed by atoms with Crippen LogP contribution in [0.1, 0.15) is 54.9 Å². The van der Waals surface area contributed by atoms with Gasteiger partial charge in [0.1, 0.15) is 24.4 Å². The Labute approximate surface area is 219 Å². The number of allylic oxidation sites excluding steroid dienone is 1. The summed E-state index contributed by atoms with van der Waals surface area (Å²) in [6.45, 7) is 9.35. The van der Waals surface area contributed by atoms with Crippen LogP contribution in [0.25, 0.3) is 0 Å². The van der Waals surface area contributed by atoms with Crippen molar-refractivity contribution < 1.29 is 57.9 Å². The molecule has 12 nitrogen and oxygen atoms in total. The molecule has 0 aromatic rings. The van der Waals surface area contributed by atoms with Crippen LogP contribution in [-0.4, -0.2) is 87.2 Å². The number of ether oxygens (including phenoxy) is 5. The van der Waals surface area contributed by atoms with E-state index in [1.165, 1.54) is 26.0 Å². The molecule has 210 valence electrons. The molecule has 2 heterocycles. The summed E-state index contributed by atoms with van der Waals surface area (Å²) >= 11 is 0. The van der Waals surface area contributed by atoms with Crippen molar-refractivity contribution in [3.8, 4) is 0 Å². The molecule has 0 aromatic carbocycles. The second-order valence-electron chi connectivity index (χ2n) is 11.4. The van der Waals surface area contributed by atoms with Crippen LogP contribution in [0.3, 0.4) is 0 Å². The molecule has 1 spiro atoms. The van der Waals surface area contributed by atoms with Crippen LogP contribution in [0.2, 0.25) is 0 Å². The smallest absolute Gasteiger partial charge is 0.342 e. The number of carbonyl (C=O) groups excluding carboxylic acids is 5. The first kappa shape index (κ1) is 28.2. The molecule has 11 atom stereocenters. The van der Waals surface area contributed by atoms with Gasteiger partial charge in [-0.3, -0.25) is 19.2 Å². The number of hydrogen-bond acceptors (Lipinski definition) is 12. The Morgan fingerprint density at radius 3 is 2.05 bits per heavy atom. The zero-order valence-electron chi connectivity index (χ0n) is 22.4. The maximum absolute atomic E-state index is 13.0. The van der Waals surface area contributed by atoms with Crippen LogP contribution in [0, 0.1) is 17.3 Å². The maximum Gasteiger partial charge on any atom is 0.342 e. The van der Waals surface area contributed by atoms with Gasteiger partial charge >= 0.3 is 23.9 Å². The Morgan fingerprint density at radius 2 is 1.53 bits per heavy atom. The molecule has 3 fully saturated rings. The Morgan fingerprint density at radius 1 is 0.974 bits per heavy atom. The summed E-state index contributed by atoms with van der Waals surface area (Å²) in [6.07, 6.45) is -5.00. The van der Waals surface area contributed by atoms with Crippen LogP contribution in [0.5, 0.6) is 0 Å². The van der Waals surface area contributed by atoms with Crippen molar-refractivity contribution in [2.45, 2.75) is 102 Å². The maximum atomic E-state index is 13.0. The average molecular weight is 539 g/mol. The number of epoxide rings is 1. The third-order valence-corrected chi connectivity index (χ3v) is 8.58.